The van der Waals surface area contributed by atoms with Crippen LogP contribution < -0.4 is 10.6 Å². The number of hydrogen-bond acceptors (Lipinski definition) is 1. The molecule has 106 valence electrons. The Morgan fingerprint density at radius 1 is 1.16 bits per heavy atom. The van der Waals surface area contributed by atoms with Gasteiger partial charge in [0.2, 0.25) is 0 Å². The van der Waals surface area contributed by atoms with Gasteiger partial charge in [0.15, 0.2) is 5.11 Å². The van der Waals surface area contributed by atoms with Crippen LogP contribution in [-0.2, 0) is 0 Å². The molecule has 0 spiro atoms. The van der Waals surface area contributed by atoms with Gasteiger partial charge in [-0.3, -0.25) is 0 Å². The minimum atomic E-state index is -0.0659. The van der Waals surface area contributed by atoms with Gasteiger partial charge in [0.1, 0.15) is 0 Å². The predicted molar refractivity (Wildman–Crippen MR) is 89.0 cm³/mol. The normalized spacial score (nSPS) is 12.1. The fraction of sp³-hybridized carbons (Fsp3) is 0.533. The monoisotopic (exact) mass is 298 g/mol. The number of para-hydroxylation sites is 1. The van der Waals surface area contributed by atoms with Crippen molar-refractivity contribution in [2.75, 3.05) is 5.32 Å². The Labute approximate surface area is 126 Å². The molecular formula is C15H23ClN2S. The quantitative estimate of drug-likeness (QED) is 0.781. The molecule has 2 N–H and O–H groups in total. The third kappa shape index (κ3) is 6.26. The van der Waals surface area contributed by atoms with Crippen molar-refractivity contribution in [3.8, 4) is 0 Å². The van der Waals surface area contributed by atoms with Gasteiger partial charge in [-0.25, -0.2) is 0 Å². The van der Waals surface area contributed by atoms with E-state index in [2.05, 4.69) is 45.3 Å². The summed E-state index contributed by atoms with van der Waals surface area (Å²) in [6.45, 7) is 11.0. The number of nitrogens with one attached hydrogen (secondary N) is 2. The van der Waals surface area contributed by atoms with Gasteiger partial charge in [0.25, 0.3) is 0 Å². The summed E-state index contributed by atoms with van der Waals surface area (Å²) in [4.78, 5) is 0. The lowest BCUT2D eigenvalue weighted by atomic mass is 9.82. The maximum Gasteiger partial charge on any atom is 0.171 e. The van der Waals surface area contributed by atoms with Crippen molar-refractivity contribution in [1.29, 1.82) is 0 Å². The number of thiocarbonyl (C=S) groups is 1. The number of rotatable bonds is 3. The molecule has 0 aromatic heterocycles. The summed E-state index contributed by atoms with van der Waals surface area (Å²) in [5.74, 6) is 0. The Balaban J connectivity index is 2.63. The molecule has 0 aliphatic rings. The van der Waals surface area contributed by atoms with Crippen molar-refractivity contribution in [3.63, 3.8) is 0 Å². The lowest BCUT2D eigenvalue weighted by Gasteiger charge is -2.34. The van der Waals surface area contributed by atoms with E-state index in [1.54, 1.807) is 0 Å². The highest BCUT2D eigenvalue weighted by molar-refractivity contribution is 7.80. The maximum atomic E-state index is 6.10. The highest BCUT2D eigenvalue weighted by Crippen LogP contribution is 2.27. The summed E-state index contributed by atoms with van der Waals surface area (Å²) in [6, 6.07) is 7.57. The Hall–Kier alpha value is -0.800. The summed E-state index contributed by atoms with van der Waals surface area (Å²) in [5.41, 5.74) is 1.01. The topological polar surface area (TPSA) is 24.1 Å². The van der Waals surface area contributed by atoms with Crippen molar-refractivity contribution >= 4 is 34.6 Å². The first-order valence-corrected chi connectivity index (χ1v) is 7.21. The van der Waals surface area contributed by atoms with E-state index < -0.39 is 0 Å². The highest BCUT2D eigenvalue weighted by atomic mass is 35.5. The van der Waals surface area contributed by atoms with Crippen molar-refractivity contribution in [2.45, 2.75) is 46.6 Å². The molecular weight excluding hydrogens is 276 g/mol. The van der Waals surface area contributed by atoms with E-state index in [9.17, 15) is 0 Å². The van der Waals surface area contributed by atoms with Gasteiger partial charge >= 0.3 is 0 Å². The van der Waals surface area contributed by atoms with Crippen molar-refractivity contribution in [3.05, 3.63) is 29.3 Å². The summed E-state index contributed by atoms with van der Waals surface area (Å²) < 4.78 is 0. The molecule has 0 saturated heterocycles. The van der Waals surface area contributed by atoms with Crippen LogP contribution in [0.25, 0.3) is 0 Å². The Morgan fingerprint density at radius 3 is 2.26 bits per heavy atom. The predicted octanol–water partition coefficient (Wildman–Crippen LogP) is 4.84. The molecule has 0 fully saturated rings. The van der Waals surface area contributed by atoms with Crippen LogP contribution in [0.5, 0.6) is 0 Å². The number of benzene rings is 1. The molecule has 0 aliphatic heterocycles. The molecule has 0 heterocycles. The third-order valence-electron chi connectivity index (χ3n) is 2.55. The Bertz CT molecular complexity index is 450. The molecule has 1 aromatic rings. The zero-order chi connectivity index (χ0) is 14.7. The molecule has 0 bridgehead atoms. The van der Waals surface area contributed by atoms with Gasteiger partial charge in [-0.2, -0.15) is 0 Å². The average Bonchev–Trinajstić information content (AvgIpc) is 2.16. The van der Waals surface area contributed by atoms with E-state index >= 15 is 0 Å². The zero-order valence-corrected chi connectivity index (χ0v) is 13.9. The molecule has 1 rings (SSSR count). The van der Waals surface area contributed by atoms with Crippen LogP contribution in [0.1, 0.15) is 41.0 Å². The number of anilines is 1. The minimum Gasteiger partial charge on any atom is -0.358 e. The molecule has 0 aliphatic carbocycles. The molecule has 19 heavy (non-hydrogen) atoms. The first-order chi connectivity index (χ1) is 8.59. The second-order valence-electron chi connectivity index (χ2n) is 6.68. The zero-order valence-electron chi connectivity index (χ0n) is 12.3. The molecule has 1 aromatic carbocycles. The lowest BCUT2D eigenvalue weighted by Crippen LogP contribution is -2.47. The standard InChI is InChI=1S/C15H23ClN2S/c1-14(2,3)10-15(4,5)18-13(19)17-12-9-7-6-8-11(12)16/h6-9H,10H2,1-5H3,(H2,17,18,19). The van der Waals surface area contributed by atoms with E-state index in [4.69, 9.17) is 23.8 Å². The molecule has 0 unspecified atom stereocenters. The minimum absolute atomic E-state index is 0.0659. The smallest absolute Gasteiger partial charge is 0.171 e. The van der Waals surface area contributed by atoms with Gasteiger partial charge in [-0.15, -0.1) is 0 Å². The SMILES string of the molecule is CC(C)(C)CC(C)(C)NC(=S)Nc1ccccc1Cl. The van der Waals surface area contributed by atoms with Crippen LogP contribution >= 0.6 is 23.8 Å². The maximum absolute atomic E-state index is 6.10. The molecule has 0 atom stereocenters. The second kappa shape index (κ2) is 6.10. The first-order valence-electron chi connectivity index (χ1n) is 6.43. The number of halogens is 1. The van der Waals surface area contributed by atoms with Crippen LogP contribution in [-0.4, -0.2) is 10.7 Å². The van der Waals surface area contributed by atoms with Crippen LogP contribution in [0, 0.1) is 5.41 Å². The van der Waals surface area contributed by atoms with Gasteiger partial charge in [-0.05, 0) is 50.0 Å². The Kier molecular flexibility index (Phi) is 5.22. The van der Waals surface area contributed by atoms with E-state index in [0.717, 1.165) is 12.1 Å². The summed E-state index contributed by atoms with van der Waals surface area (Å²) >= 11 is 11.4. The lowest BCUT2D eigenvalue weighted by molar-refractivity contribution is 0.268. The van der Waals surface area contributed by atoms with Crippen molar-refractivity contribution in [2.24, 2.45) is 5.41 Å². The molecule has 0 saturated carbocycles. The van der Waals surface area contributed by atoms with E-state index in [1.807, 2.05) is 24.3 Å². The van der Waals surface area contributed by atoms with E-state index in [-0.39, 0.29) is 11.0 Å². The van der Waals surface area contributed by atoms with Crippen LogP contribution in [0.4, 0.5) is 5.69 Å². The Morgan fingerprint density at radius 2 is 1.74 bits per heavy atom. The fourth-order valence-corrected chi connectivity index (χ4v) is 2.96. The molecule has 2 nitrogen and oxygen atoms in total. The van der Waals surface area contributed by atoms with Gasteiger partial charge in [0.05, 0.1) is 10.7 Å². The molecule has 0 radical (unpaired) electrons. The van der Waals surface area contributed by atoms with Gasteiger partial charge < -0.3 is 10.6 Å². The number of hydrogen-bond donors (Lipinski definition) is 2. The second-order valence-corrected chi connectivity index (χ2v) is 7.50. The third-order valence-corrected chi connectivity index (χ3v) is 3.08. The van der Waals surface area contributed by atoms with Gasteiger partial charge in [0, 0.05) is 5.54 Å². The molecule has 4 heteroatoms. The summed E-state index contributed by atoms with van der Waals surface area (Å²) in [6.07, 6.45) is 1.02. The molecule has 0 amide bonds. The highest BCUT2D eigenvalue weighted by Gasteiger charge is 2.26. The summed E-state index contributed by atoms with van der Waals surface area (Å²) in [5, 5.41) is 7.76. The van der Waals surface area contributed by atoms with Crippen LogP contribution in [0.15, 0.2) is 24.3 Å². The van der Waals surface area contributed by atoms with Crippen LogP contribution in [0.3, 0.4) is 0 Å². The van der Waals surface area contributed by atoms with Gasteiger partial charge in [-0.1, -0.05) is 44.5 Å². The first kappa shape index (κ1) is 16.3. The van der Waals surface area contributed by atoms with Crippen molar-refractivity contribution < 1.29 is 0 Å². The van der Waals surface area contributed by atoms with E-state index in [1.165, 1.54) is 0 Å². The largest absolute Gasteiger partial charge is 0.358 e. The fourth-order valence-electron chi connectivity index (χ4n) is 2.39. The van der Waals surface area contributed by atoms with E-state index in [0.29, 0.717) is 10.1 Å². The summed E-state index contributed by atoms with van der Waals surface area (Å²) in [7, 11) is 0. The average molecular weight is 299 g/mol. The van der Waals surface area contributed by atoms with Crippen molar-refractivity contribution in [1.82, 2.24) is 5.32 Å². The van der Waals surface area contributed by atoms with Crippen LogP contribution in [0.2, 0.25) is 5.02 Å².